The first kappa shape index (κ1) is 16.9. The second-order valence-corrected chi connectivity index (χ2v) is 7.26. The van der Waals surface area contributed by atoms with Crippen molar-refractivity contribution >= 4 is 5.76 Å². The molecule has 2 heterocycles. The normalized spacial score (nSPS) is 24.0. The Balaban J connectivity index is 1.76. The lowest BCUT2D eigenvalue weighted by molar-refractivity contribution is 0.0354. The van der Waals surface area contributed by atoms with Crippen molar-refractivity contribution in [1.29, 1.82) is 0 Å². The van der Waals surface area contributed by atoms with Gasteiger partial charge >= 0.3 is 0 Å². The van der Waals surface area contributed by atoms with Crippen molar-refractivity contribution in [3.8, 4) is 5.75 Å². The second kappa shape index (κ2) is 6.65. The van der Waals surface area contributed by atoms with Gasteiger partial charge in [0, 0.05) is 11.5 Å². The fourth-order valence-corrected chi connectivity index (χ4v) is 3.78. The Bertz CT molecular complexity index is 832. The highest BCUT2D eigenvalue weighted by Crippen LogP contribution is 2.46. The Morgan fingerprint density at radius 1 is 0.962 bits per heavy atom. The first-order chi connectivity index (χ1) is 12.6. The molecule has 0 N–H and O–H groups in total. The number of benzene rings is 2. The summed E-state index contributed by atoms with van der Waals surface area (Å²) in [5.41, 5.74) is 3.23. The van der Waals surface area contributed by atoms with Gasteiger partial charge in [0.2, 0.25) is 0 Å². The summed E-state index contributed by atoms with van der Waals surface area (Å²) in [5, 5.41) is 0. The molecule has 0 spiro atoms. The van der Waals surface area contributed by atoms with Gasteiger partial charge in [0.25, 0.3) is 0 Å². The average Bonchev–Trinajstić information content (AvgIpc) is 2.85. The van der Waals surface area contributed by atoms with Crippen LogP contribution < -0.4 is 4.74 Å². The maximum atomic E-state index is 6.55. The van der Waals surface area contributed by atoms with Crippen molar-refractivity contribution in [3.63, 3.8) is 0 Å². The molecule has 2 aromatic rings. The molecule has 26 heavy (non-hydrogen) atoms. The van der Waals surface area contributed by atoms with Crippen LogP contribution in [0.2, 0.25) is 0 Å². The molecular formula is C23H24O3. The van der Waals surface area contributed by atoms with E-state index in [-0.39, 0.29) is 17.6 Å². The SMILES string of the molecule is COc1ccc(C2=CC=C3[C@H](COC3(C)C)[C@@H](c3ccccc3)O2)cc1. The number of ether oxygens (including phenoxy) is 3. The van der Waals surface area contributed by atoms with Crippen LogP contribution in [0.25, 0.3) is 5.76 Å². The van der Waals surface area contributed by atoms with Gasteiger partial charge in [-0.2, -0.15) is 0 Å². The van der Waals surface area contributed by atoms with E-state index in [0.717, 1.165) is 17.1 Å². The number of fused-ring (bicyclic) bond motifs is 1. The Morgan fingerprint density at radius 3 is 2.38 bits per heavy atom. The van der Waals surface area contributed by atoms with Crippen molar-refractivity contribution in [2.24, 2.45) is 5.92 Å². The summed E-state index contributed by atoms with van der Waals surface area (Å²) in [4.78, 5) is 0. The van der Waals surface area contributed by atoms with Gasteiger partial charge in [-0.05, 0) is 55.3 Å². The Kier molecular flexibility index (Phi) is 4.33. The Labute approximate surface area is 154 Å². The lowest BCUT2D eigenvalue weighted by Crippen LogP contribution is -2.22. The summed E-state index contributed by atoms with van der Waals surface area (Å²) in [6, 6.07) is 18.4. The summed E-state index contributed by atoms with van der Waals surface area (Å²) in [6.07, 6.45) is 4.18. The van der Waals surface area contributed by atoms with Crippen LogP contribution >= 0.6 is 0 Å². The van der Waals surface area contributed by atoms with E-state index in [2.05, 4.69) is 50.3 Å². The van der Waals surface area contributed by atoms with Gasteiger partial charge in [-0.25, -0.2) is 0 Å². The molecule has 2 aliphatic heterocycles. The molecule has 0 aliphatic carbocycles. The molecule has 2 aliphatic rings. The van der Waals surface area contributed by atoms with Gasteiger partial charge in [0.15, 0.2) is 0 Å². The summed E-state index contributed by atoms with van der Waals surface area (Å²) in [7, 11) is 1.68. The number of rotatable bonds is 3. The van der Waals surface area contributed by atoms with Crippen molar-refractivity contribution < 1.29 is 14.2 Å². The molecule has 0 aromatic heterocycles. The number of hydrogen-bond donors (Lipinski definition) is 0. The molecule has 0 saturated carbocycles. The van der Waals surface area contributed by atoms with Crippen LogP contribution in [0.5, 0.6) is 5.75 Å². The van der Waals surface area contributed by atoms with Crippen LogP contribution in [0.4, 0.5) is 0 Å². The van der Waals surface area contributed by atoms with Gasteiger partial charge in [-0.1, -0.05) is 36.4 Å². The zero-order valence-corrected chi connectivity index (χ0v) is 15.4. The van der Waals surface area contributed by atoms with E-state index in [1.807, 2.05) is 30.3 Å². The first-order valence-corrected chi connectivity index (χ1v) is 9.01. The van der Waals surface area contributed by atoms with Gasteiger partial charge in [0.1, 0.15) is 17.6 Å². The molecule has 1 fully saturated rings. The molecule has 0 unspecified atom stereocenters. The van der Waals surface area contributed by atoms with Gasteiger partial charge < -0.3 is 14.2 Å². The quantitative estimate of drug-likeness (QED) is 0.767. The van der Waals surface area contributed by atoms with Crippen molar-refractivity contribution in [1.82, 2.24) is 0 Å². The molecule has 0 bridgehead atoms. The summed E-state index contributed by atoms with van der Waals surface area (Å²) < 4.78 is 17.9. The van der Waals surface area contributed by atoms with Gasteiger partial charge in [-0.3, -0.25) is 0 Å². The predicted molar refractivity (Wildman–Crippen MR) is 103 cm³/mol. The van der Waals surface area contributed by atoms with E-state index >= 15 is 0 Å². The molecule has 3 heteroatoms. The highest BCUT2D eigenvalue weighted by atomic mass is 16.5. The van der Waals surface area contributed by atoms with Crippen LogP contribution in [-0.4, -0.2) is 19.3 Å². The lowest BCUT2D eigenvalue weighted by Gasteiger charge is -2.26. The smallest absolute Gasteiger partial charge is 0.133 e. The van der Waals surface area contributed by atoms with E-state index < -0.39 is 0 Å². The van der Waals surface area contributed by atoms with Crippen molar-refractivity contribution in [2.75, 3.05) is 13.7 Å². The van der Waals surface area contributed by atoms with E-state index in [1.54, 1.807) is 7.11 Å². The zero-order valence-electron chi connectivity index (χ0n) is 15.4. The molecule has 2 atom stereocenters. The largest absolute Gasteiger partial charge is 0.497 e. The van der Waals surface area contributed by atoms with Crippen LogP contribution in [0.1, 0.15) is 31.1 Å². The highest BCUT2D eigenvalue weighted by molar-refractivity contribution is 5.63. The minimum absolute atomic E-state index is 0.0694. The third kappa shape index (κ3) is 3.04. The van der Waals surface area contributed by atoms with Crippen LogP contribution in [0, 0.1) is 5.92 Å². The van der Waals surface area contributed by atoms with E-state index in [4.69, 9.17) is 14.2 Å². The second-order valence-electron chi connectivity index (χ2n) is 7.26. The van der Waals surface area contributed by atoms with E-state index in [9.17, 15) is 0 Å². The molecular weight excluding hydrogens is 324 g/mol. The summed E-state index contributed by atoms with van der Waals surface area (Å²) in [5.74, 6) is 1.92. The Morgan fingerprint density at radius 2 is 1.69 bits per heavy atom. The number of hydrogen-bond acceptors (Lipinski definition) is 3. The van der Waals surface area contributed by atoms with E-state index in [0.29, 0.717) is 6.61 Å². The van der Waals surface area contributed by atoms with Crippen molar-refractivity contribution in [3.05, 3.63) is 83.4 Å². The third-order valence-corrected chi connectivity index (χ3v) is 5.25. The minimum atomic E-state index is -0.271. The molecule has 0 amide bonds. The summed E-state index contributed by atoms with van der Waals surface area (Å²) >= 11 is 0. The van der Waals surface area contributed by atoms with Crippen LogP contribution in [0.3, 0.4) is 0 Å². The maximum absolute atomic E-state index is 6.55. The van der Waals surface area contributed by atoms with Gasteiger partial charge in [0.05, 0.1) is 19.3 Å². The molecule has 134 valence electrons. The molecule has 2 aromatic carbocycles. The van der Waals surface area contributed by atoms with Crippen molar-refractivity contribution in [2.45, 2.75) is 25.6 Å². The molecule has 0 radical (unpaired) electrons. The molecule has 1 saturated heterocycles. The fourth-order valence-electron chi connectivity index (χ4n) is 3.78. The van der Waals surface area contributed by atoms with Crippen LogP contribution in [-0.2, 0) is 9.47 Å². The third-order valence-electron chi connectivity index (χ3n) is 5.25. The maximum Gasteiger partial charge on any atom is 0.133 e. The highest BCUT2D eigenvalue weighted by Gasteiger charge is 2.44. The first-order valence-electron chi connectivity index (χ1n) is 9.01. The molecule has 4 rings (SSSR count). The topological polar surface area (TPSA) is 27.7 Å². The molecule has 3 nitrogen and oxygen atoms in total. The monoisotopic (exact) mass is 348 g/mol. The predicted octanol–water partition coefficient (Wildman–Crippen LogP) is 5.16. The average molecular weight is 348 g/mol. The lowest BCUT2D eigenvalue weighted by atomic mass is 9.84. The summed E-state index contributed by atoms with van der Waals surface area (Å²) in [6.45, 7) is 4.93. The number of methoxy groups -OCH3 is 1. The van der Waals surface area contributed by atoms with Gasteiger partial charge in [-0.15, -0.1) is 0 Å². The fraction of sp³-hybridized carbons (Fsp3) is 0.304. The van der Waals surface area contributed by atoms with Crippen LogP contribution in [0.15, 0.2) is 72.3 Å². The minimum Gasteiger partial charge on any atom is -0.497 e. The zero-order chi connectivity index (χ0) is 18.1. The standard InChI is InChI=1S/C23H24O3/c1-23(2)20-13-14-21(16-9-11-18(24-3)12-10-16)26-22(19(20)15-25-23)17-7-5-4-6-8-17/h4-14,19,22H,15H2,1-3H3/t19-,22+/m0/s1. The Hall–Kier alpha value is -2.52. The van der Waals surface area contributed by atoms with E-state index in [1.165, 1.54) is 11.1 Å². The number of allylic oxidation sites excluding steroid dienone is 2.